The van der Waals surface area contributed by atoms with Gasteiger partial charge in [-0.3, -0.25) is 0 Å². The predicted molar refractivity (Wildman–Crippen MR) is 244 cm³/mol. The second-order valence-corrected chi connectivity index (χ2v) is 14.0. The minimum atomic E-state index is 0.590. The maximum atomic E-state index is 5.98. The molecular formula is C55H54O. The van der Waals surface area contributed by atoms with Crippen LogP contribution in [0, 0.1) is 13.8 Å². The Kier molecular flexibility index (Phi) is 15.2. The number of allylic oxidation sites excluding steroid dienone is 9. The number of hydrogen-bond donors (Lipinski definition) is 0. The number of benzene rings is 6. The molecule has 0 radical (unpaired) electrons. The van der Waals surface area contributed by atoms with Crippen LogP contribution >= 0.6 is 0 Å². The maximum Gasteiger partial charge on any atom is 0.134 e. The number of ether oxygens (including phenoxy) is 1. The van der Waals surface area contributed by atoms with E-state index in [1.54, 1.807) is 12.3 Å². The van der Waals surface area contributed by atoms with Gasteiger partial charge in [-0.1, -0.05) is 202 Å². The summed E-state index contributed by atoms with van der Waals surface area (Å²) in [4.78, 5) is 0. The molecule has 0 spiro atoms. The van der Waals surface area contributed by atoms with Gasteiger partial charge in [0, 0.05) is 5.56 Å². The van der Waals surface area contributed by atoms with E-state index in [1.165, 1.54) is 38.9 Å². The highest BCUT2D eigenvalue weighted by atomic mass is 16.5. The Labute approximate surface area is 336 Å². The summed E-state index contributed by atoms with van der Waals surface area (Å²) in [6, 6.07) is 53.3. The van der Waals surface area contributed by atoms with E-state index in [0.29, 0.717) is 5.92 Å². The first kappa shape index (κ1) is 40.7. The van der Waals surface area contributed by atoms with Crippen LogP contribution in [0.1, 0.15) is 55.4 Å². The lowest BCUT2D eigenvalue weighted by Crippen LogP contribution is -1.96. The number of rotatable bonds is 8. The van der Waals surface area contributed by atoms with Gasteiger partial charge in [-0.15, -0.1) is 0 Å². The van der Waals surface area contributed by atoms with Crippen LogP contribution in [0.25, 0.3) is 39.0 Å². The first-order valence-electron chi connectivity index (χ1n) is 19.5. The molecule has 0 saturated heterocycles. The van der Waals surface area contributed by atoms with Crippen molar-refractivity contribution in [1.82, 2.24) is 0 Å². The summed E-state index contributed by atoms with van der Waals surface area (Å²) in [6.07, 6.45) is 14.8. The lowest BCUT2D eigenvalue weighted by atomic mass is 9.93. The average molecular weight is 731 g/mol. The summed E-state index contributed by atoms with van der Waals surface area (Å²) in [5, 5.41) is 0. The molecule has 0 bridgehead atoms. The first-order chi connectivity index (χ1) is 27.3. The van der Waals surface area contributed by atoms with Gasteiger partial charge in [0.15, 0.2) is 0 Å². The molecule has 6 aromatic rings. The quantitative estimate of drug-likeness (QED) is 0.142. The summed E-state index contributed by atoms with van der Waals surface area (Å²) < 4.78 is 5.98. The van der Waals surface area contributed by atoms with E-state index >= 15 is 0 Å². The fraction of sp³-hybridized carbons (Fsp3) is 0.127. The van der Waals surface area contributed by atoms with Crippen LogP contribution in [-0.2, 0) is 0 Å². The second kappa shape index (κ2) is 20.9. The molecule has 0 fully saturated rings. The van der Waals surface area contributed by atoms with Crippen LogP contribution in [0.4, 0.5) is 0 Å². The third kappa shape index (κ3) is 11.5. The van der Waals surface area contributed by atoms with Crippen LogP contribution < -0.4 is 4.74 Å². The van der Waals surface area contributed by atoms with Gasteiger partial charge in [0.1, 0.15) is 5.75 Å². The van der Waals surface area contributed by atoms with Gasteiger partial charge in [-0.05, 0) is 113 Å². The standard InChI is InChI=1S/C35H34O.C13H12.C7H8/c1-6-9-28(10-7-2)33-21-22-36-35-20-19-32(24-34(35)26(5)23-33)31-17-15-30(16-18-31)29-13-11-27(12-14-29)25(4)8-3;1-11-7-9-13(10-8-11)12-5-3-2-4-6-12;1-7-5-3-2-4-6-7/h6-7,9-25H,1,5,8H2,2-4H3;2-10H,1H3;2-6H,1H3/b10-7-,22-21-,28-9+,33-23+;;/t25-;;/m1../s1. The molecule has 280 valence electrons. The van der Waals surface area contributed by atoms with Crippen molar-refractivity contribution in [3.63, 3.8) is 0 Å². The van der Waals surface area contributed by atoms with Crippen LogP contribution in [-0.4, -0.2) is 0 Å². The molecule has 1 nitrogen and oxygen atoms in total. The van der Waals surface area contributed by atoms with Crippen molar-refractivity contribution >= 4 is 5.57 Å². The van der Waals surface area contributed by atoms with Gasteiger partial charge in [0.25, 0.3) is 0 Å². The Bertz CT molecular complexity index is 2280. The first-order valence-corrected chi connectivity index (χ1v) is 19.5. The van der Waals surface area contributed by atoms with Crippen LogP contribution in [0.3, 0.4) is 0 Å². The van der Waals surface area contributed by atoms with Crippen molar-refractivity contribution < 1.29 is 4.74 Å². The lowest BCUT2D eigenvalue weighted by molar-refractivity contribution is 0.479. The monoisotopic (exact) mass is 730 g/mol. The SMILES string of the molecule is C=C/C=C(\C=C/C)C1=C/C(=C)c2cc(-c3ccc(-c4ccc([C@H](C)CC)cc4)cc3)ccc2O/C=C\1.Cc1ccc(-c2ccccc2)cc1.Cc1ccccc1. The molecule has 0 amide bonds. The fourth-order valence-corrected chi connectivity index (χ4v) is 6.30. The summed E-state index contributed by atoms with van der Waals surface area (Å²) in [5.74, 6) is 1.39. The van der Waals surface area contributed by atoms with Crippen LogP contribution in [0.15, 0.2) is 219 Å². The highest BCUT2D eigenvalue weighted by molar-refractivity contribution is 5.83. The van der Waals surface area contributed by atoms with Gasteiger partial charge in [-0.2, -0.15) is 0 Å². The summed E-state index contributed by atoms with van der Waals surface area (Å²) in [6.45, 7) is 18.9. The molecular weight excluding hydrogens is 677 g/mol. The minimum absolute atomic E-state index is 0.590. The fourth-order valence-electron chi connectivity index (χ4n) is 6.30. The second-order valence-electron chi connectivity index (χ2n) is 14.0. The number of aryl methyl sites for hydroxylation is 2. The lowest BCUT2D eigenvalue weighted by Gasteiger charge is -2.16. The van der Waals surface area contributed by atoms with E-state index in [0.717, 1.165) is 45.6 Å². The Morgan fingerprint density at radius 1 is 0.643 bits per heavy atom. The third-order valence-electron chi connectivity index (χ3n) is 9.82. The zero-order valence-electron chi connectivity index (χ0n) is 33.6. The van der Waals surface area contributed by atoms with Gasteiger partial charge >= 0.3 is 0 Å². The molecule has 1 heteroatoms. The molecule has 1 aliphatic heterocycles. The van der Waals surface area contributed by atoms with Crippen molar-refractivity contribution in [2.75, 3.05) is 0 Å². The molecule has 1 heterocycles. The van der Waals surface area contributed by atoms with E-state index in [-0.39, 0.29) is 0 Å². The van der Waals surface area contributed by atoms with Gasteiger partial charge in [-0.25, -0.2) is 0 Å². The highest BCUT2D eigenvalue weighted by Crippen LogP contribution is 2.35. The molecule has 7 rings (SSSR count). The van der Waals surface area contributed by atoms with Gasteiger partial charge in [0.05, 0.1) is 6.26 Å². The molecule has 0 aromatic heterocycles. The van der Waals surface area contributed by atoms with E-state index in [1.807, 2.05) is 55.5 Å². The van der Waals surface area contributed by atoms with Crippen molar-refractivity contribution in [2.45, 2.75) is 47.0 Å². The zero-order chi connectivity index (χ0) is 39.7. The molecule has 56 heavy (non-hydrogen) atoms. The van der Waals surface area contributed by atoms with Crippen molar-refractivity contribution in [3.8, 4) is 39.1 Å². The maximum absolute atomic E-state index is 5.98. The van der Waals surface area contributed by atoms with Crippen LogP contribution in [0.2, 0.25) is 0 Å². The summed E-state index contributed by atoms with van der Waals surface area (Å²) in [7, 11) is 0. The average Bonchev–Trinajstić information content (AvgIpc) is 3.24. The Balaban J connectivity index is 0.000000242. The van der Waals surface area contributed by atoms with Crippen LogP contribution in [0.5, 0.6) is 5.75 Å². The Morgan fingerprint density at radius 3 is 1.68 bits per heavy atom. The van der Waals surface area contributed by atoms with Gasteiger partial charge < -0.3 is 4.74 Å². The van der Waals surface area contributed by atoms with E-state index in [2.05, 4.69) is 174 Å². The molecule has 0 unspecified atom stereocenters. The van der Waals surface area contributed by atoms with E-state index in [9.17, 15) is 0 Å². The third-order valence-corrected chi connectivity index (χ3v) is 9.82. The summed E-state index contributed by atoms with van der Waals surface area (Å²) >= 11 is 0. The molecule has 0 N–H and O–H groups in total. The van der Waals surface area contributed by atoms with E-state index < -0.39 is 0 Å². The highest BCUT2D eigenvalue weighted by Gasteiger charge is 2.13. The number of fused-ring (bicyclic) bond motifs is 1. The topological polar surface area (TPSA) is 9.23 Å². The minimum Gasteiger partial charge on any atom is -0.464 e. The summed E-state index contributed by atoms with van der Waals surface area (Å²) in [5.41, 5.74) is 15.3. The Morgan fingerprint density at radius 2 is 1.14 bits per heavy atom. The molecule has 0 aliphatic carbocycles. The molecule has 0 saturated carbocycles. The largest absolute Gasteiger partial charge is 0.464 e. The number of hydrogen-bond acceptors (Lipinski definition) is 1. The molecule has 1 atom stereocenters. The van der Waals surface area contributed by atoms with Gasteiger partial charge in [0.2, 0.25) is 0 Å². The molecule has 6 aromatic carbocycles. The smallest absolute Gasteiger partial charge is 0.134 e. The predicted octanol–water partition coefficient (Wildman–Crippen LogP) is 15.7. The zero-order valence-corrected chi connectivity index (χ0v) is 33.6. The Hall–Kier alpha value is -6.44. The van der Waals surface area contributed by atoms with E-state index in [4.69, 9.17) is 4.74 Å². The normalized spacial score (nSPS) is 14.2. The van der Waals surface area contributed by atoms with Crippen molar-refractivity contribution in [3.05, 3.63) is 241 Å². The molecule has 1 aliphatic rings. The van der Waals surface area contributed by atoms with Crippen molar-refractivity contribution in [2.24, 2.45) is 0 Å². The van der Waals surface area contributed by atoms with Crippen molar-refractivity contribution in [1.29, 1.82) is 0 Å².